The molecule has 1 rings (SSSR count). The van der Waals surface area contributed by atoms with Crippen LogP contribution in [0.15, 0.2) is 24.3 Å². The van der Waals surface area contributed by atoms with Gasteiger partial charge in [0.25, 0.3) is 5.91 Å². The number of hydrogen-bond acceptors (Lipinski definition) is 2. The molecule has 3 nitrogen and oxygen atoms in total. The third kappa shape index (κ3) is 5.71. The highest BCUT2D eigenvalue weighted by Crippen LogP contribution is 2.06. The molecule has 0 aliphatic rings. The Morgan fingerprint density at radius 3 is 2.35 bits per heavy atom. The van der Waals surface area contributed by atoms with Crippen molar-refractivity contribution in [2.75, 3.05) is 20.1 Å². The first-order valence-electron chi connectivity index (χ1n) is 5.79. The van der Waals surface area contributed by atoms with Gasteiger partial charge in [0.1, 0.15) is 0 Å². The first-order valence-corrected chi connectivity index (χ1v) is 5.79. The number of carbonyl (C=O) groups excluding carboxylic acids is 1. The van der Waals surface area contributed by atoms with E-state index in [1.807, 2.05) is 31.3 Å². The lowest BCUT2D eigenvalue weighted by Crippen LogP contribution is -2.30. The molecule has 4 heteroatoms. The van der Waals surface area contributed by atoms with Crippen LogP contribution in [0.2, 0.25) is 0 Å². The Bertz CT molecular complexity index is 325. The van der Waals surface area contributed by atoms with Crippen LogP contribution in [-0.4, -0.2) is 26.0 Å². The second-order valence-electron chi connectivity index (χ2n) is 3.81. The van der Waals surface area contributed by atoms with Crippen molar-refractivity contribution in [2.45, 2.75) is 19.8 Å². The summed E-state index contributed by atoms with van der Waals surface area (Å²) < 4.78 is 0. The van der Waals surface area contributed by atoms with Crippen molar-refractivity contribution in [3.05, 3.63) is 35.4 Å². The number of rotatable bonds is 6. The van der Waals surface area contributed by atoms with Gasteiger partial charge in [-0.15, -0.1) is 12.4 Å². The maximum absolute atomic E-state index is 11.6. The summed E-state index contributed by atoms with van der Waals surface area (Å²) in [6.07, 6.45) is 2.20. The zero-order valence-corrected chi connectivity index (χ0v) is 11.3. The normalized spacial score (nSPS) is 9.53. The van der Waals surface area contributed by atoms with E-state index < -0.39 is 0 Å². The highest BCUT2D eigenvalue weighted by Gasteiger charge is 2.03. The Kier molecular flexibility index (Phi) is 8.46. The number of halogens is 1. The topological polar surface area (TPSA) is 41.1 Å². The lowest BCUT2D eigenvalue weighted by atomic mass is 10.1. The van der Waals surface area contributed by atoms with E-state index in [1.165, 1.54) is 5.56 Å². The van der Waals surface area contributed by atoms with Crippen molar-refractivity contribution in [3.8, 4) is 0 Å². The predicted octanol–water partition coefficient (Wildman–Crippen LogP) is 2.01. The van der Waals surface area contributed by atoms with Crippen molar-refractivity contribution < 1.29 is 4.79 Å². The van der Waals surface area contributed by atoms with Crippen LogP contribution in [0.25, 0.3) is 0 Å². The van der Waals surface area contributed by atoms with Crippen LogP contribution in [-0.2, 0) is 6.42 Å². The van der Waals surface area contributed by atoms with Gasteiger partial charge >= 0.3 is 0 Å². The molecular formula is C13H21ClN2O. The molecule has 0 aromatic heterocycles. The van der Waals surface area contributed by atoms with Gasteiger partial charge in [-0.3, -0.25) is 4.79 Å². The zero-order valence-electron chi connectivity index (χ0n) is 10.5. The van der Waals surface area contributed by atoms with Crippen molar-refractivity contribution in [2.24, 2.45) is 0 Å². The zero-order chi connectivity index (χ0) is 11.8. The van der Waals surface area contributed by atoms with E-state index in [-0.39, 0.29) is 18.3 Å². The van der Waals surface area contributed by atoms with E-state index in [1.54, 1.807) is 0 Å². The SMILES string of the molecule is CCCc1ccc(C(=O)NCCNC)cc1.Cl. The van der Waals surface area contributed by atoms with Gasteiger partial charge in [-0.05, 0) is 31.2 Å². The predicted molar refractivity (Wildman–Crippen MR) is 73.9 cm³/mol. The molecule has 0 fully saturated rings. The van der Waals surface area contributed by atoms with Gasteiger partial charge in [0.2, 0.25) is 0 Å². The van der Waals surface area contributed by atoms with Crippen molar-refractivity contribution >= 4 is 18.3 Å². The molecule has 1 aromatic rings. The third-order valence-corrected chi connectivity index (χ3v) is 2.42. The molecule has 0 aliphatic carbocycles. The molecule has 1 amide bonds. The number of amides is 1. The molecule has 2 N–H and O–H groups in total. The Hall–Kier alpha value is -1.06. The van der Waals surface area contributed by atoms with Crippen LogP contribution >= 0.6 is 12.4 Å². The molecule has 0 saturated heterocycles. The summed E-state index contributed by atoms with van der Waals surface area (Å²) in [6.45, 7) is 3.60. The Morgan fingerprint density at radius 1 is 1.18 bits per heavy atom. The highest BCUT2D eigenvalue weighted by molar-refractivity contribution is 5.94. The molecule has 0 atom stereocenters. The van der Waals surface area contributed by atoms with Crippen LogP contribution in [0.1, 0.15) is 29.3 Å². The standard InChI is InChI=1S/C13H20N2O.ClH/c1-3-4-11-5-7-12(8-6-11)13(16)15-10-9-14-2;/h5-8,14H,3-4,9-10H2,1-2H3,(H,15,16);1H. The summed E-state index contributed by atoms with van der Waals surface area (Å²) in [5.41, 5.74) is 2.02. The van der Waals surface area contributed by atoms with Crippen LogP contribution in [0.3, 0.4) is 0 Å². The molecule has 96 valence electrons. The minimum Gasteiger partial charge on any atom is -0.351 e. The maximum atomic E-state index is 11.6. The molecule has 0 aliphatic heterocycles. The quantitative estimate of drug-likeness (QED) is 0.765. The fourth-order valence-corrected chi connectivity index (χ4v) is 1.51. The molecule has 0 heterocycles. The van der Waals surface area contributed by atoms with Crippen LogP contribution < -0.4 is 10.6 Å². The van der Waals surface area contributed by atoms with Gasteiger partial charge in [0.15, 0.2) is 0 Å². The number of hydrogen-bond donors (Lipinski definition) is 2. The van der Waals surface area contributed by atoms with Gasteiger partial charge in [-0.2, -0.15) is 0 Å². The molecule has 0 saturated carbocycles. The summed E-state index contributed by atoms with van der Waals surface area (Å²) in [5.74, 6) is -0.00158. The first-order chi connectivity index (χ1) is 7.77. The van der Waals surface area contributed by atoms with Gasteiger partial charge in [-0.1, -0.05) is 25.5 Å². The smallest absolute Gasteiger partial charge is 0.251 e. The fourth-order valence-electron chi connectivity index (χ4n) is 1.51. The van der Waals surface area contributed by atoms with Gasteiger partial charge < -0.3 is 10.6 Å². The summed E-state index contributed by atoms with van der Waals surface area (Å²) >= 11 is 0. The lowest BCUT2D eigenvalue weighted by molar-refractivity contribution is 0.0954. The van der Waals surface area contributed by atoms with Gasteiger partial charge in [0.05, 0.1) is 0 Å². The Balaban J connectivity index is 0.00000256. The monoisotopic (exact) mass is 256 g/mol. The highest BCUT2D eigenvalue weighted by atomic mass is 35.5. The second-order valence-corrected chi connectivity index (χ2v) is 3.81. The van der Waals surface area contributed by atoms with Crippen LogP contribution in [0.5, 0.6) is 0 Å². The van der Waals surface area contributed by atoms with Crippen molar-refractivity contribution in [3.63, 3.8) is 0 Å². The van der Waals surface area contributed by atoms with Crippen molar-refractivity contribution in [1.29, 1.82) is 0 Å². The fraction of sp³-hybridized carbons (Fsp3) is 0.462. The Labute approximate surface area is 109 Å². The summed E-state index contributed by atoms with van der Waals surface area (Å²) in [7, 11) is 1.87. The van der Waals surface area contributed by atoms with Gasteiger partial charge in [0, 0.05) is 18.7 Å². The third-order valence-electron chi connectivity index (χ3n) is 2.42. The molecule has 1 aromatic carbocycles. The Morgan fingerprint density at radius 2 is 1.82 bits per heavy atom. The van der Waals surface area contributed by atoms with Crippen LogP contribution in [0.4, 0.5) is 0 Å². The van der Waals surface area contributed by atoms with E-state index in [9.17, 15) is 4.79 Å². The minimum absolute atomic E-state index is 0. The summed E-state index contributed by atoms with van der Waals surface area (Å²) in [5, 5.41) is 5.84. The maximum Gasteiger partial charge on any atom is 0.251 e. The average Bonchev–Trinajstić information content (AvgIpc) is 2.30. The number of benzene rings is 1. The van der Waals surface area contributed by atoms with Crippen molar-refractivity contribution in [1.82, 2.24) is 10.6 Å². The average molecular weight is 257 g/mol. The lowest BCUT2D eigenvalue weighted by Gasteiger charge is -2.05. The number of nitrogens with one attached hydrogen (secondary N) is 2. The molecular weight excluding hydrogens is 236 g/mol. The van der Waals surface area contributed by atoms with Gasteiger partial charge in [-0.25, -0.2) is 0 Å². The molecule has 0 radical (unpaired) electrons. The van der Waals surface area contributed by atoms with E-state index >= 15 is 0 Å². The summed E-state index contributed by atoms with van der Waals surface area (Å²) in [6, 6.07) is 7.83. The number of aryl methyl sites for hydroxylation is 1. The second kappa shape index (κ2) is 9.02. The molecule has 0 bridgehead atoms. The number of carbonyl (C=O) groups is 1. The largest absolute Gasteiger partial charge is 0.351 e. The summed E-state index contributed by atoms with van der Waals surface area (Å²) in [4.78, 5) is 11.6. The van der Waals surface area contributed by atoms with E-state index in [0.717, 1.165) is 24.9 Å². The van der Waals surface area contributed by atoms with E-state index in [0.29, 0.717) is 6.54 Å². The molecule has 0 unspecified atom stereocenters. The molecule has 0 spiro atoms. The van der Waals surface area contributed by atoms with E-state index in [4.69, 9.17) is 0 Å². The minimum atomic E-state index is -0.00158. The van der Waals surface area contributed by atoms with Crippen LogP contribution in [0, 0.1) is 0 Å². The number of likely N-dealkylation sites (N-methyl/N-ethyl adjacent to an activating group) is 1. The van der Waals surface area contributed by atoms with E-state index in [2.05, 4.69) is 17.6 Å². The molecule has 17 heavy (non-hydrogen) atoms. The first kappa shape index (κ1) is 15.9.